The van der Waals surface area contributed by atoms with E-state index in [1.165, 1.54) is 19.4 Å². The van der Waals surface area contributed by atoms with E-state index in [0.29, 0.717) is 11.3 Å². The Balaban J connectivity index is 3.27. The molecule has 1 heterocycles. The number of nitrogens with two attached hydrogens (primary N) is 1. The fourth-order valence-electron chi connectivity index (χ4n) is 1.01. The fourth-order valence-corrected chi connectivity index (χ4v) is 1.01. The summed E-state index contributed by atoms with van der Waals surface area (Å²) in [6.07, 6.45) is 2.98. The number of carbonyl (C=O) groups excluding carboxylic acids is 1. The van der Waals surface area contributed by atoms with Gasteiger partial charge in [-0.05, 0) is 13.0 Å². The summed E-state index contributed by atoms with van der Waals surface area (Å²) in [5.41, 5.74) is 6.23. The summed E-state index contributed by atoms with van der Waals surface area (Å²) in [6.45, 7) is 1.73. The quantitative estimate of drug-likeness (QED) is 0.565. The molecule has 0 unspecified atom stereocenters. The number of anilines is 1. The lowest BCUT2D eigenvalue weighted by molar-refractivity contribution is 0.0601. The molecule has 1 rings (SSSR count). The van der Waals surface area contributed by atoms with Crippen molar-refractivity contribution in [1.82, 2.24) is 4.98 Å². The summed E-state index contributed by atoms with van der Waals surface area (Å²) in [5.74, 6) is -0.259. The lowest BCUT2D eigenvalue weighted by atomic mass is 10.2. The van der Waals surface area contributed by atoms with Crippen LogP contribution >= 0.6 is 0 Å². The second-order valence-corrected chi connectivity index (χ2v) is 2.47. The van der Waals surface area contributed by atoms with Crippen molar-refractivity contribution in [2.24, 2.45) is 4.99 Å². The Labute approximate surface area is 81.6 Å². The third-order valence-corrected chi connectivity index (χ3v) is 1.62. The van der Waals surface area contributed by atoms with E-state index in [0.717, 1.165) is 0 Å². The lowest BCUT2D eigenvalue weighted by Crippen LogP contribution is -2.04. The molecule has 0 aromatic carbocycles. The van der Waals surface area contributed by atoms with Crippen molar-refractivity contribution in [2.75, 3.05) is 12.8 Å². The van der Waals surface area contributed by atoms with Gasteiger partial charge >= 0.3 is 5.97 Å². The Morgan fingerprint density at radius 3 is 3.00 bits per heavy atom. The number of hydrogen-bond donors (Lipinski definition) is 1. The first-order valence-corrected chi connectivity index (χ1v) is 4.02. The molecule has 0 bridgehead atoms. The Bertz CT molecular complexity index is 374. The van der Waals surface area contributed by atoms with Gasteiger partial charge in [0.25, 0.3) is 0 Å². The monoisotopic (exact) mass is 193 g/mol. The van der Waals surface area contributed by atoms with Crippen molar-refractivity contribution >= 4 is 23.7 Å². The second-order valence-electron chi connectivity index (χ2n) is 2.47. The summed E-state index contributed by atoms with van der Waals surface area (Å²) in [5, 5.41) is 0. The van der Waals surface area contributed by atoms with E-state index in [2.05, 4.69) is 14.7 Å². The molecule has 1 aromatic rings. The Morgan fingerprint density at radius 1 is 1.71 bits per heavy atom. The van der Waals surface area contributed by atoms with E-state index in [4.69, 9.17) is 5.73 Å². The van der Waals surface area contributed by atoms with Crippen LogP contribution in [0, 0.1) is 0 Å². The highest BCUT2D eigenvalue weighted by Crippen LogP contribution is 2.24. The van der Waals surface area contributed by atoms with Crippen LogP contribution < -0.4 is 5.73 Å². The molecule has 0 spiro atoms. The average molecular weight is 193 g/mol. The number of methoxy groups -OCH3 is 1. The predicted molar refractivity (Wildman–Crippen MR) is 53.8 cm³/mol. The molecule has 0 aliphatic rings. The van der Waals surface area contributed by atoms with Gasteiger partial charge in [-0.25, -0.2) is 9.78 Å². The zero-order valence-electron chi connectivity index (χ0n) is 8.02. The number of aromatic nitrogens is 1. The first-order chi connectivity index (χ1) is 6.70. The van der Waals surface area contributed by atoms with Crippen LogP contribution in [-0.2, 0) is 4.74 Å². The Hall–Kier alpha value is -1.91. The Morgan fingerprint density at radius 2 is 2.43 bits per heavy atom. The van der Waals surface area contributed by atoms with Crippen LogP contribution in [0.2, 0.25) is 0 Å². The minimum atomic E-state index is -0.472. The van der Waals surface area contributed by atoms with Gasteiger partial charge in [0.05, 0.1) is 12.7 Å². The molecule has 0 radical (unpaired) electrons. The van der Waals surface area contributed by atoms with Crippen LogP contribution in [0.25, 0.3) is 0 Å². The molecular weight excluding hydrogens is 182 g/mol. The molecule has 0 saturated heterocycles. The number of aliphatic imine (C=N–C) groups is 1. The standard InChI is InChI=1S/C9H11N3O2/c1-3-11-7-6(9(13)14-2)4-5-12-8(7)10/h3-5H,1-2H3,(H2,10,12). The predicted octanol–water partition coefficient (Wildman–Crippen LogP) is 1.17. The minimum Gasteiger partial charge on any atom is -0.465 e. The maximum atomic E-state index is 11.3. The number of nitrogen functional groups attached to an aromatic ring is 1. The molecule has 5 heteroatoms. The van der Waals surface area contributed by atoms with Crippen LogP contribution in [0.15, 0.2) is 17.3 Å². The maximum Gasteiger partial charge on any atom is 0.340 e. The summed E-state index contributed by atoms with van der Waals surface area (Å²) < 4.78 is 4.58. The molecule has 0 aliphatic carbocycles. The van der Waals surface area contributed by atoms with Crippen LogP contribution in [0.1, 0.15) is 17.3 Å². The first-order valence-electron chi connectivity index (χ1n) is 4.02. The number of carbonyl (C=O) groups is 1. The van der Waals surface area contributed by atoms with E-state index in [1.807, 2.05) is 0 Å². The van der Waals surface area contributed by atoms with Crippen molar-refractivity contribution < 1.29 is 9.53 Å². The third kappa shape index (κ3) is 1.87. The molecule has 2 N–H and O–H groups in total. The van der Waals surface area contributed by atoms with Gasteiger partial charge in [0.2, 0.25) is 0 Å². The number of nitrogens with zero attached hydrogens (tertiary/aromatic N) is 2. The summed E-state index contributed by atoms with van der Waals surface area (Å²) in [4.78, 5) is 19.1. The molecule has 5 nitrogen and oxygen atoms in total. The summed E-state index contributed by atoms with van der Waals surface area (Å²) in [7, 11) is 1.30. The second kappa shape index (κ2) is 4.36. The van der Waals surface area contributed by atoms with Gasteiger partial charge < -0.3 is 10.5 Å². The number of hydrogen-bond acceptors (Lipinski definition) is 5. The van der Waals surface area contributed by atoms with E-state index in [9.17, 15) is 4.79 Å². The molecule has 0 saturated carbocycles. The topological polar surface area (TPSA) is 77.6 Å². The number of rotatable bonds is 2. The molecule has 14 heavy (non-hydrogen) atoms. The average Bonchev–Trinajstić information content (AvgIpc) is 2.20. The van der Waals surface area contributed by atoms with Crippen LogP contribution in [0.3, 0.4) is 0 Å². The van der Waals surface area contributed by atoms with Gasteiger partial charge in [-0.15, -0.1) is 0 Å². The van der Waals surface area contributed by atoms with Gasteiger partial charge in [-0.1, -0.05) is 0 Å². The third-order valence-electron chi connectivity index (χ3n) is 1.62. The van der Waals surface area contributed by atoms with Crippen molar-refractivity contribution in [1.29, 1.82) is 0 Å². The van der Waals surface area contributed by atoms with E-state index in [1.54, 1.807) is 13.1 Å². The van der Waals surface area contributed by atoms with Gasteiger partial charge in [0, 0.05) is 12.4 Å². The minimum absolute atomic E-state index is 0.214. The molecule has 0 fully saturated rings. The smallest absolute Gasteiger partial charge is 0.340 e. The Kier molecular flexibility index (Phi) is 3.17. The maximum absolute atomic E-state index is 11.3. The normalized spacial score (nSPS) is 10.4. The molecular formula is C9H11N3O2. The van der Waals surface area contributed by atoms with Crippen molar-refractivity contribution in [3.05, 3.63) is 17.8 Å². The van der Waals surface area contributed by atoms with Crippen molar-refractivity contribution in [2.45, 2.75) is 6.92 Å². The highest BCUT2D eigenvalue weighted by molar-refractivity contribution is 5.97. The zero-order chi connectivity index (χ0) is 10.6. The number of esters is 1. The first kappa shape index (κ1) is 10.2. The van der Waals surface area contributed by atoms with Gasteiger partial charge in [-0.2, -0.15) is 0 Å². The largest absolute Gasteiger partial charge is 0.465 e. The molecule has 0 atom stereocenters. The van der Waals surface area contributed by atoms with E-state index >= 15 is 0 Å². The fraction of sp³-hybridized carbons (Fsp3) is 0.222. The van der Waals surface area contributed by atoms with Gasteiger partial charge in [-0.3, -0.25) is 4.99 Å². The van der Waals surface area contributed by atoms with Crippen LogP contribution in [0.5, 0.6) is 0 Å². The number of pyridine rings is 1. The van der Waals surface area contributed by atoms with Gasteiger partial charge in [0.15, 0.2) is 0 Å². The summed E-state index contributed by atoms with van der Waals surface area (Å²) in [6, 6.07) is 1.52. The molecule has 0 aliphatic heterocycles. The zero-order valence-corrected chi connectivity index (χ0v) is 8.02. The lowest BCUT2D eigenvalue weighted by Gasteiger charge is -2.04. The van der Waals surface area contributed by atoms with Crippen molar-refractivity contribution in [3.8, 4) is 0 Å². The molecule has 1 aromatic heterocycles. The van der Waals surface area contributed by atoms with Crippen molar-refractivity contribution in [3.63, 3.8) is 0 Å². The van der Waals surface area contributed by atoms with Crippen LogP contribution in [-0.4, -0.2) is 24.3 Å². The van der Waals surface area contributed by atoms with E-state index < -0.39 is 5.97 Å². The molecule has 74 valence electrons. The summed E-state index contributed by atoms with van der Waals surface area (Å²) >= 11 is 0. The number of ether oxygens (including phenoxy) is 1. The van der Waals surface area contributed by atoms with Gasteiger partial charge in [0.1, 0.15) is 11.5 Å². The highest BCUT2D eigenvalue weighted by atomic mass is 16.5. The SMILES string of the molecule is CC=Nc1c(C(=O)OC)ccnc1N. The molecule has 0 amide bonds. The van der Waals surface area contributed by atoms with E-state index in [-0.39, 0.29) is 5.82 Å². The van der Waals surface area contributed by atoms with Crippen LogP contribution in [0.4, 0.5) is 11.5 Å². The highest BCUT2D eigenvalue weighted by Gasteiger charge is 2.13.